The van der Waals surface area contributed by atoms with Gasteiger partial charge < -0.3 is 0 Å². The van der Waals surface area contributed by atoms with Gasteiger partial charge in [-0.3, -0.25) is 0 Å². The first-order valence-electron chi connectivity index (χ1n) is 10.1. The zero-order valence-corrected chi connectivity index (χ0v) is 15.1. The van der Waals surface area contributed by atoms with Gasteiger partial charge in [-0.05, 0) is 49.9 Å². The summed E-state index contributed by atoms with van der Waals surface area (Å²) in [5.41, 5.74) is 0.0659. The fourth-order valence-corrected chi connectivity index (χ4v) is 5.20. The summed E-state index contributed by atoms with van der Waals surface area (Å²) < 4.78 is 0. The summed E-state index contributed by atoms with van der Waals surface area (Å²) in [6, 6.07) is 2.83. The topological polar surface area (TPSA) is 23.8 Å². The summed E-state index contributed by atoms with van der Waals surface area (Å²) in [4.78, 5) is 0. The molecule has 2 fully saturated rings. The summed E-state index contributed by atoms with van der Waals surface area (Å²) in [5, 5.41) is 9.92. The van der Waals surface area contributed by atoms with Crippen LogP contribution >= 0.6 is 0 Å². The van der Waals surface area contributed by atoms with Gasteiger partial charge in [-0.25, -0.2) is 0 Å². The van der Waals surface area contributed by atoms with E-state index in [9.17, 15) is 5.26 Å². The van der Waals surface area contributed by atoms with Gasteiger partial charge in [0, 0.05) is 0 Å². The first-order chi connectivity index (χ1) is 10.7. The molecule has 0 aromatic heterocycles. The van der Waals surface area contributed by atoms with Crippen LogP contribution in [0.15, 0.2) is 0 Å². The zero-order chi connectivity index (χ0) is 15.8. The molecular weight excluding hydrogens is 266 g/mol. The van der Waals surface area contributed by atoms with E-state index in [1.165, 1.54) is 89.9 Å². The molecule has 4 atom stereocenters. The Morgan fingerprint density at radius 1 is 0.909 bits per heavy atom. The Kier molecular flexibility index (Phi) is 7.26. The van der Waals surface area contributed by atoms with Crippen molar-refractivity contribution in [3.8, 4) is 6.07 Å². The van der Waals surface area contributed by atoms with Crippen molar-refractivity contribution in [1.29, 1.82) is 5.26 Å². The number of unbranched alkanes of at least 4 members (excludes halogenated alkanes) is 4. The third kappa shape index (κ3) is 4.50. The first kappa shape index (κ1) is 17.8. The number of hydrogen-bond acceptors (Lipinski definition) is 1. The molecule has 1 nitrogen and oxygen atoms in total. The molecule has 1 heteroatoms. The predicted octanol–water partition coefficient (Wildman–Crippen LogP) is 6.87. The Morgan fingerprint density at radius 3 is 2.23 bits per heavy atom. The molecule has 0 saturated heterocycles. The molecule has 22 heavy (non-hydrogen) atoms. The maximum absolute atomic E-state index is 9.92. The van der Waals surface area contributed by atoms with Gasteiger partial charge in [0.15, 0.2) is 0 Å². The molecule has 0 amide bonds. The molecule has 0 aromatic carbocycles. The van der Waals surface area contributed by atoms with Crippen LogP contribution in [0.1, 0.15) is 104 Å². The van der Waals surface area contributed by atoms with Crippen LogP contribution in [-0.2, 0) is 0 Å². The Morgan fingerprint density at radius 2 is 1.59 bits per heavy atom. The van der Waals surface area contributed by atoms with Gasteiger partial charge in [0.2, 0.25) is 0 Å². The summed E-state index contributed by atoms with van der Waals surface area (Å²) in [7, 11) is 0. The van der Waals surface area contributed by atoms with Crippen molar-refractivity contribution in [3.63, 3.8) is 0 Å². The number of nitrogens with zero attached hydrogens (tertiary/aromatic N) is 1. The lowest BCUT2D eigenvalue weighted by atomic mass is 9.55. The SMILES string of the molecule is CCCCCC1CCC2(C#N)C[C@H](CCCCC)CC[C@@H]2C1. The smallest absolute Gasteiger partial charge is 0.0692 e. The maximum atomic E-state index is 9.92. The van der Waals surface area contributed by atoms with Gasteiger partial charge in [-0.2, -0.15) is 5.26 Å². The van der Waals surface area contributed by atoms with Gasteiger partial charge >= 0.3 is 0 Å². The van der Waals surface area contributed by atoms with Crippen molar-refractivity contribution < 1.29 is 0 Å². The lowest BCUT2D eigenvalue weighted by Crippen LogP contribution is -2.40. The van der Waals surface area contributed by atoms with E-state index in [1.807, 2.05) is 0 Å². The quantitative estimate of drug-likeness (QED) is 0.449. The van der Waals surface area contributed by atoms with E-state index < -0.39 is 0 Å². The van der Waals surface area contributed by atoms with Crippen LogP contribution in [-0.4, -0.2) is 0 Å². The minimum absolute atomic E-state index is 0.0659. The van der Waals surface area contributed by atoms with Crippen molar-refractivity contribution in [3.05, 3.63) is 0 Å². The van der Waals surface area contributed by atoms with E-state index in [2.05, 4.69) is 19.9 Å². The molecule has 2 aliphatic carbocycles. The van der Waals surface area contributed by atoms with Crippen molar-refractivity contribution >= 4 is 0 Å². The fourth-order valence-electron chi connectivity index (χ4n) is 5.20. The maximum Gasteiger partial charge on any atom is 0.0692 e. The second-order valence-corrected chi connectivity index (χ2v) is 8.24. The lowest BCUT2D eigenvalue weighted by Gasteiger charge is -2.48. The standard InChI is InChI=1S/C21H37N/c1-3-5-7-9-18-13-14-21(17-22)16-19(10-8-6-4-2)11-12-20(21)15-18/h18-20H,3-16H2,1-2H3/t18?,19-,20-,21?/m1/s1. The molecule has 2 aliphatic rings. The highest BCUT2D eigenvalue weighted by atomic mass is 14.5. The third-order valence-electron chi connectivity index (χ3n) is 6.63. The number of rotatable bonds is 8. The van der Waals surface area contributed by atoms with Crippen LogP contribution < -0.4 is 0 Å². The molecule has 126 valence electrons. The molecule has 0 N–H and O–H groups in total. The summed E-state index contributed by atoms with van der Waals surface area (Å²) in [6.07, 6.45) is 18.9. The largest absolute Gasteiger partial charge is 0.198 e. The molecule has 0 radical (unpaired) electrons. The van der Waals surface area contributed by atoms with Crippen LogP contribution in [0.4, 0.5) is 0 Å². The van der Waals surface area contributed by atoms with Crippen LogP contribution in [0.5, 0.6) is 0 Å². The number of fused-ring (bicyclic) bond motifs is 1. The predicted molar refractivity (Wildman–Crippen MR) is 94.5 cm³/mol. The highest BCUT2D eigenvalue weighted by Gasteiger charge is 2.47. The first-order valence-corrected chi connectivity index (χ1v) is 10.1. The summed E-state index contributed by atoms with van der Waals surface area (Å²) >= 11 is 0. The molecule has 2 saturated carbocycles. The van der Waals surface area contributed by atoms with E-state index in [4.69, 9.17) is 0 Å². The van der Waals surface area contributed by atoms with Crippen molar-refractivity contribution in [1.82, 2.24) is 0 Å². The van der Waals surface area contributed by atoms with Gasteiger partial charge in [0.25, 0.3) is 0 Å². The van der Waals surface area contributed by atoms with Crippen molar-refractivity contribution in [2.24, 2.45) is 23.2 Å². The van der Waals surface area contributed by atoms with Crippen molar-refractivity contribution in [2.75, 3.05) is 0 Å². The second-order valence-electron chi connectivity index (χ2n) is 8.24. The van der Waals surface area contributed by atoms with Gasteiger partial charge in [0.1, 0.15) is 0 Å². The average molecular weight is 304 g/mol. The van der Waals surface area contributed by atoms with E-state index >= 15 is 0 Å². The minimum atomic E-state index is 0.0659. The molecule has 2 rings (SSSR count). The zero-order valence-electron chi connectivity index (χ0n) is 15.1. The average Bonchev–Trinajstić information content (AvgIpc) is 2.55. The molecule has 0 aliphatic heterocycles. The molecule has 0 aromatic rings. The lowest BCUT2D eigenvalue weighted by molar-refractivity contribution is 0.0366. The Labute approximate surface area is 138 Å². The van der Waals surface area contributed by atoms with Crippen LogP contribution in [0.25, 0.3) is 0 Å². The molecule has 0 bridgehead atoms. The molecule has 0 heterocycles. The Hall–Kier alpha value is -0.510. The molecular formula is C21H37N. The molecule has 0 spiro atoms. The van der Waals surface area contributed by atoms with Crippen LogP contribution in [0.3, 0.4) is 0 Å². The Bertz CT molecular complexity index is 355. The van der Waals surface area contributed by atoms with E-state index in [-0.39, 0.29) is 5.41 Å². The summed E-state index contributed by atoms with van der Waals surface area (Å²) in [5.74, 6) is 2.49. The second kappa shape index (κ2) is 8.95. The highest BCUT2D eigenvalue weighted by Crippen LogP contribution is 2.54. The van der Waals surface area contributed by atoms with E-state index in [0.29, 0.717) is 0 Å². The van der Waals surface area contributed by atoms with Gasteiger partial charge in [-0.15, -0.1) is 0 Å². The van der Waals surface area contributed by atoms with Crippen molar-refractivity contribution in [2.45, 2.75) is 104 Å². The van der Waals surface area contributed by atoms with E-state index in [0.717, 1.165) is 17.8 Å². The normalized spacial score (nSPS) is 34.9. The monoisotopic (exact) mass is 303 g/mol. The van der Waals surface area contributed by atoms with Crippen LogP contribution in [0, 0.1) is 34.5 Å². The van der Waals surface area contributed by atoms with Crippen LogP contribution in [0.2, 0.25) is 0 Å². The summed E-state index contributed by atoms with van der Waals surface area (Å²) in [6.45, 7) is 4.58. The number of nitriles is 1. The van der Waals surface area contributed by atoms with Gasteiger partial charge in [0.05, 0.1) is 11.5 Å². The fraction of sp³-hybridized carbons (Fsp3) is 0.952. The molecule has 2 unspecified atom stereocenters. The van der Waals surface area contributed by atoms with E-state index in [1.54, 1.807) is 0 Å². The highest BCUT2D eigenvalue weighted by molar-refractivity contribution is 5.08. The Balaban J connectivity index is 1.85. The minimum Gasteiger partial charge on any atom is -0.198 e. The number of hydrogen-bond donors (Lipinski definition) is 0. The van der Waals surface area contributed by atoms with Gasteiger partial charge in [-0.1, -0.05) is 71.6 Å². The third-order valence-corrected chi connectivity index (χ3v) is 6.63.